The largest absolute Gasteiger partial charge is 0.459 e. The first-order chi connectivity index (χ1) is 18.3. The average Bonchev–Trinajstić information content (AvgIpc) is 3.26. The Morgan fingerprint density at radius 1 is 0.763 bits per heavy atom. The van der Waals surface area contributed by atoms with E-state index in [-0.39, 0.29) is 35.0 Å². The minimum atomic E-state index is -0.206. The highest BCUT2D eigenvalue weighted by molar-refractivity contribution is 5.89. The van der Waals surface area contributed by atoms with Gasteiger partial charge in [0.15, 0.2) is 0 Å². The molecule has 0 saturated heterocycles. The Bertz CT molecular complexity index is 1210. The Morgan fingerprint density at radius 2 is 1.34 bits per heavy atom. The molecular formula is C34H40O4. The first-order valence-electron chi connectivity index (χ1n) is 14.5. The lowest BCUT2D eigenvalue weighted by Gasteiger charge is -2.61. The van der Waals surface area contributed by atoms with E-state index in [4.69, 9.17) is 9.47 Å². The Morgan fingerprint density at radius 3 is 2.00 bits per heavy atom. The van der Waals surface area contributed by atoms with E-state index in [0.29, 0.717) is 34.8 Å². The van der Waals surface area contributed by atoms with Gasteiger partial charge >= 0.3 is 11.9 Å². The van der Waals surface area contributed by atoms with E-state index in [2.05, 4.69) is 20.4 Å². The van der Waals surface area contributed by atoms with Crippen molar-refractivity contribution in [3.05, 3.63) is 83.9 Å². The molecule has 0 aromatic heterocycles. The van der Waals surface area contributed by atoms with Gasteiger partial charge in [0, 0.05) is 5.41 Å². The van der Waals surface area contributed by atoms with Crippen LogP contribution in [0.25, 0.3) is 0 Å². The van der Waals surface area contributed by atoms with Crippen LogP contribution in [0.15, 0.2) is 72.8 Å². The molecular weight excluding hydrogens is 472 g/mol. The lowest BCUT2D eigenvalue weighted by atomic mass is 9.44. The summed E-state index contributed by atoms with van der Waals surface area (Å²) >= 11 is 0. The molecule has 4 fully saturated rings. The summed E-state index contributed by atoms with van der Waals surface area (Å²) in [5, 5.41) is 0. The van der Waals surface area contributed by atoms with E-state index < -0.39 is 0 Å². The maximum Gasteiger partial charge on any atom is 0.338 e. The van der Waals surface area contributed by atoms with Crippen molar-refractivity contribution < 1.29 is 19.1 Å². The third-order valence-electron chi connectivity index (χ3n) is 11.0. The van der Waals surface area contributed by atoms with E-state index in [1.807, 2.05) is 60.7 Å². The summed E-state index contributed by atoms with van der Waals surface area (Å²) in [7, 11) is 0. The van der Waals surface area contributed by atoms with Crippen LogP contribution in [-0.2, 0) is 9.47 Å². The van der Waals surface area contributed by atoms with Crippen LogP contribution in [0.3, 0.4) is 0 Å². The molecule has 2 aromatic carbocycles. The zero-order valence-electron chi connectivity index (χ0n) is 22.7. The van der Waals surface area contributed by atoms with Crippen LogP contribution in [0.2, 0.25) is 0 Å². The highest BCUT2D eigenvalue weighted by Gasteiger charge is 2.62. The molecule has 2 aromatic rings. The molecule has 0 amide bonds. The lowest BCUT2D eigenvalue weighted by molar-refractivity contribution is -0.116. The van der Waals surface area contributed by atoms with Crippen molar-refractivity contribution in [3.8, 4) is 0 Å². The number of allylic oxidation sites excluding steroid dienone is 1. The van der Waals surface area contributed by atoms with E-state index in [1.165, 1.54) is 5.57 Å². The van der Waals surface area contributed by atoms with Crippen LogP contribution < -0.4 is 0 Å². The second-order valence-electron chi connectivity index (χ2n) is 12.9. The average molecular weight is 513 g/mol. The van der Waals surface area contributed by atoms with Gasteiger partial charge in [0.1, 0.15) is 12.2 Å². The third kappa shape index (κ3) is 4.21. The number of benzene rings is 2. The van der Waals surface area contributed by atoms with Crippen molar-refractivity contribution in [2.75, 3.05) is 0 Å². The van der Waals surface area contributed by atoms with Crippen molar-refractivity contribution in [1.29, 1.82) is 0 Å². The van der Waals surface area contributed by atoms with Gasteiger partial charge in [0.05, 0.1) is 11.1 Å². The predicted molar refractivity (Wildman–Crippen MR) is 148 cm³/mol. The van der Waals surface area contributed by atoms with E-state index in [1.54, 1.807) is 0 Å². The molecule has 4 saturated carbocycles. The number of hydrogen-bond donors (Lipinski definition) is 0. The van der Waals surface area contributed by atoms with E-state index >= 15 is 0 Å². The number of hydrogen-bond acceptors (Lipinski definition) is 4. The molecule has 0 N–H and O–H groups in total. The fourth-order valence-corrected chi connectivity index (χ4v) is 8.90. The third-order valence-corrected chi connectivity index (χ3v) is 11.0. The summed E-state index contributed by atoms with van der Waals surface area (Å²) in [6.45, 7) is 9.53. The number of carbonyl (C=O) groups is 2. The number of fused-ring (bicyclic) bond motifs is 5. The number of ether oxygens (including phenoxy) is 2. The van der Waals surface area contributed by atoms with Crippen LogP contribution >= 0.6 is 0 Å². The molecule has 38 heavy (non-hydrogen) atoms. The Balaban J connectivity index is 1.15. The molecule has 8 atom stereocenters. The smallest absolute Gasteiger partial charge is 0.338 e. The summed E-state index contributed by atoms with van der Waals surface area (Å²) in [5.41, 5.74) is 2.88. The summed E-state index contributed by atoms with van der Waals surface area (Å²) in [6.07, 6.45) is 8.18. The number of esters is 2. The SMILES string of the molecule is C=C1C[C@H]2C[C@@H](OC(=O)c3ccccc3)CC[C@]2(C)[C@@H]2CC[C@@]3(C)[C@@H](OC(=O)c4ccccc4)CC[C@@H]3[C@@H]12. The van der Waals surface area contributed by atoms with Crippen LogP contribution in [-0.4, -0.2) is 24.1 Å². The van der Waals surface area contributed by atoms with Gasteiger partial charge in [-0.1, -0.05) is 62.4 Å². The predicted octanol–water partition coefficient (Wildman–Crippen LogP) is 7.65. The van der Waals surface area contributed by atoms with Crippen LogP contribution in [0, 0.1) is 34.5 Å². The van der Waals surface area contributed by atoms with Gasteiger partial charge < -0.3 is 9.47 Å². The maximum atomic E-state index is 12.9. The zero-order chi connectivity index (χ0) is 26.5. The quantitative estimate of drug-likeness (QED) is 0.312. The first kappa shape index (κ1) is 25.4. The van der Waals surface area contributed by atoms with E-state index in [9.17, 15) is 9.59 Å². The standard InChI is InChI=1S/C34H40O4/c1-22-20-25-21-26(37-31(35)23-10-6-4-7-11-23)16-18-33(25,2)28-17-19-34(3)27(30(22)28)14-15-29(34)38-32(36)24-12-8-5-9-13-24/h4-13,25-30H,1,14-21H2,2-3H3/t25-,26-,27+,28+,29-,30+,33-,34+/m0/s1. The molecule has 4 nitrogen and oxygen atoms in total. The van der Waals surface area contributed by atoms with E-state index in [0.717, 1.165) is 51.4 Å². The monoisotopic (exact) mass is 512 g/mol. The van der Waals surface area contributed by atoms with Gasteiger partial charge in [0.25, 0.3) is 0 Å². The number of rotatable bonds is 4. The second-order valence-corrected chi connectivity index (χ2v) is 12.9. The summed E-state index contributed by atoms with van der Waals surface area (Å²) in [5.74, 6) is 1.68. The zero-order valence-corrected chi connectivity index (χ0v) is 22.7. The summed E-state index contributed by atoms with van der Waals surface area (Å²) in [6, 6.07) is 18.7. The highest BCUT2D eigenvalue weighted by Crippen LogP contribution is 2.67. The van der Waals surface area contributed by atoms with Gasteiger partial charge in [-0.2, -0.15) is 0 Å². The minimum Gasteiger partial charge on any atom is -0.459 e. The van der Waals surface area contributed by atoms with Gasteiger partial charge in [-0.25, -0.2) is 9.59 Å². The van der Waals surface area contributed by atoms with Gasteiger partial charge in [-0.3, -0.25) is 0 Å². The molecule has 200 valence electrons. The molecule has 4 aliphatic carbocycles. The molecule has 0 heterocycles. The summed E-state index contributed by atoms with van der Waals surface area (Å²) < 4.78 is 12.2. The van der Waals surface area contributed by atoms with Crippen LogP contribution in [0.4, 0.5) is 0 Å². The number of carbonyl (C=O) groups excluding carboxylic acids is 2. The molecule has 6 rings (SSSR count). The maximum absolute atomic E-state index is 12.9. The molecule has 0 bridgehead atoms. The van der Waals surface area contributed by atoms with Crippen molar-refractivity contribution >= 4 is 11.9 Å². The molecule has 0 unspecified atom stereocenters. The molecule has 0 radical (unpaired) electrons. The van der Waals surface area contributed by atoms with Gasteiger partial charge in [0.2, 0.25) is 0 Å². The molecule has 4 aliphatic rings. The van der Waals surface area contributed by atoms with Crippen molar-refractivity contribution in [3.63, 3.8) is 0 Å². The Labute approximate surface area is 226 Å². The first-order valence-corrected chi connectivity index (χ1v) is 14.5. The summed E-state index contributed by atoms with van der Waals surface area (Å²) in [4.78, 5) is 25.7. The molecule has 0 aliphatic heterocycles. The van der Waals surface area contributed by atoms with Crippen LogP contribution in [0.5, 0.6) is 0 Å². The fourth-order valence-electron chi connectivity index (χ4n) is 8.90. The van der Waals surface area contributed by atoms with Crippen LogP contribution in [0.1, 0.15) is 85.9 Å². The fraction of sp³-hybridized carbons (Fsp3) is 0.529. The highest BCUT2D eigenvalue weighted by atomic mass is 16.5. The molecule has 4 heteroatoms. The van der Waals surface area contributed by atoms with Crippen molar-refractivity contribution in [1.82, 2.24) is 0 Å². The van der Waals surface area contributed by atoms with Gasteiger partial charge in [-0.15, -0.1) is 0 Å². The second kappa shape index (κ2) is 9.70. The van der Waals surface area contributed by atoms with Gasteiger partial charge in [-0.05, 0) is 105 Å². The normalized spacial score (nSPS) is 37.9. The Kier molecular flexibility index (Phi) is 6.48. The minimum absolute atomic E-state index is 0.000158. The molecule has 0 spiro atoms. The lowest BCUT2D eigenvalue weighted by Crippen LogP contribution is -2.55. The Hall–Kier alpha value is -2.88. The van der Waals surface area contributed by atoms with Crippen molar-refractivity contribution in [2.45, 2.75) is 77.4 Å². The van der Waals surface area contributed by atoms with Crippen molar-refractivity contribution in [2.24, 2.45) is 34.5 Å². The topological polar surface area (TPSA) is 52.6 Å².